The molecule has 18 N–H and O–H groups in total. The van der Waals surface area contributed by atoms with Crippen LogP contribution in [-0.4, -0.2) is 199 Å². The van der Waals surface area contributed by atoms with Crippen molar-refractivity contribution in [3.05, 3.63) is 124 Å². The van der Waals surface area contributed by atoms with Gasteiger partial charge in [-0.3, -0.25) is 71.9 Å². The van der Waals surface area contributed by atoms with Crippen LogP contribution < -0.4 is 54.8 Å². The predicted molar refractivity (Wildman–Crippen MR) is 470 cm³/mol. The number of nitrogens with one attached hydrogen (secondary N) is 6. The number of Topliss-reactive ketones (excluding diaryl/α,β-unsaturated/α-hetero) is 6. The van der Waals surface area contributed by atoms with Crippen molar-refractivity contribution < 1.29 is 97.1 Å². The van der Waals surface area contributed by atoms with Crippen LogP contribution in [0.3, 0.4) is 0 Å². The summed E-state index contributed by atoms with van der Waals surface area (Å²) in [7, 11) is 0. The number of benzene rings is 4. The smallest absolute Gasteiger partial charge is 0.303 e. The lowest BCUT2D eigenvalue weighted by molar-refractivity contribution is -0.142. The molecule has 0 bridgehead atoms. The number of halogens is 1. The number of amides is 8. The lowest BCUT2D eigenvalue weighted by atomic mass is 9.86. The highest BCUT2D eigenvalue weighted by Gasteiger charge is 2.45. The van der Waals surface area contributed by atoms with Crippen LogP contribution in [0.25, 0.3) is 0 Å². The van der Waals surface area contributed by atoms with Gasteiger partial charge < -0.3 is 84.9 Å². The van der Waals surface area contributed by atoms with E-state index in [0.29, 0.717) is 48.9 Å². The summed E-state index contributed by atoms with van der Waals surface area (Å²) in [5.74, 6) is -18.4. The first kappa shape index (κ1) is 104. The second-order valence-electron chi connectivity index (χ2n) is 33.6. The first-order chi connectivity index (χ1) is 58.0. The summed E-state index contributed by atoms with van der Waals surface area (Å²) in [5.41, 5.74) is 25.1. The van der Waals surface area contributed by atoms with Gasteiger partial charge in [0.2, 0.25) is 47.3 Å². The fourth-order valence-corrected chi connectivity index (χ4v) is 15.4. The van der Waals surface area contributed by atoms with Crippen LogP contribution in [0.5, 0.6) is 17.2 Å². The third-order valence-corrected chi connectivity index (χ3v) is 22.9. The van der Waals surface area contributed by atoms with Crippen LogP contribution in [0, 0.1) is 47.3 Å². The molecule has 4 aromatic carbocycles. The molecule has 1 aliphatic heterocycles. The molecule has 8 amide bonds. The highest BCUT2D eigenvalue weighted by molar-refractivity contribution is 7.80. The number of ketones is 6. The fraction of sp³-hybridized carbons (Fsp3) is 0.562. The van der Waals surface area contributed by atoms with Gasteiger partial charge in [0.05, 0.1) is 53.5 Å². The third kappa shape index (κ3) is 35.9. The highest BCUT2D eigenvalue weighted by Crippen LogP contribution is 2.32. The molecule has 0 spiro atoms. The summed E-state index contributed by atoms with van der Waals surface area (Å²) in [6.45, 7) is 13.9. The Morgan fingerprint density at radius 3 is 1.63 bits per heavy atom. The summed E-state index contributed by atoms with van der Waals surface area (Å²) < 4.78 is 6.33. The molecule has 1 aliphatic rings. The van der Waals surface area contributed by atoms with Gasteiger partial charge in [0.15, 0.2) is 28.9 Å². The van der Waals surface area contributed by atoms with Crippen LogP contribution >= 0.6 is 36.9 Å². The topological polar surface area (TPSA) is 526 Å². The zero-order valence-corrected chi connectivity index (χ0v) is 74.1. The van der Waals surface area contributed by atoms with Gasteiger partial charge in [0.25, 0.3) is 0 Å². The number of carboxylic acids is 1. The average molecular weight is 1770 g/mol. The van der Waals surface area contributed by atoms with E-state index in [2.05, 4.69) is 57.2 Å². The van der Waals surface area contributed by atoms with Gasteiger partial charge in [-0.25, -0.2) is 0 Å². The predicted octanol–water partition coefficient (Wildman–Crippen LogP) is 5.76. The van der Waals surface area contributed by atoms with E-state index in [4.69, 9.17) is 39.3 Å². The van der Waals surface area contributed by atoms with Crippen LogP contribution in [0.15, 0.2) is 91.0 Å². The number of phenols is 3. The molecular weight excluding hydrogens is 1640 g/mol. The Morgan fingerprint density at radius 1 is 0.553 bits per heavy atom. The maximum absolute atomic E-state index is 15.1. The molecule has 0 aliphatic carbocycles. The molecule has 5 unspecified atom stereocenters. The molecule has 34 heteroatoms. The van der Waals surface area contributed by atoms with E-state index >= 15 is 9.59 Å². The largest absolute Gasteiger partial charge is 0.508 e. The van der Waals surface area contributed by atoms with Gasteiger partial charge in [-0.05, 0) is 168 Å². The molecular formula is C89H126ClN11O20S2. The highest BCUT2D eigenvalue weighted by atomic mass is 35.5. The molecule has 14 atom stereocenters. The first-order valence-corrected chi connectivity index (χ1v) is 43.6. The van der Waals surface area contributed by atoms with Crippen LogP contribution in [0.4, 0.5) is 0 Å². The number of carboxylic acid groups (broad SMARTS) is 1. The Bertz CT molecular complexity index is 4270. The number of hydrogen-bond donors (Lipinski definition) is 16. The van der Waals surface area contributed by atoms with E-state index in [1.54, 1.807) is 60.6 Å². The number of primary amides is 1. The molecule has 4 aromatic rings. The van der Waals surface area contributed by atoms with E-state index in [0.717, 1.165) is 11.1 Å². The Hall–Kier alpha value is -9.64. The van der Waals surface area contributed by atoms with Gasteiger partial charge in [0.1, 0.15) is 29.1 Å². The van der Waals surface area contributed by atoms with Crippen molar-refractivity contribution in [2.45, 2.75) is 232 Å². The summed E-state index contributed by atoms with van der Waals surface area (Å²) in [6, 6.07) is 15.3. The van der Waals surface area contributed by atoms with E-state index < -0.39 is 217 Å². The number of aromatic hydroxyl groups is 3. The molecule has 1 saturated heterocycles. The molecule has 0 aromatic heterocycles. The number of phenolic OH excluding ortho intramolecular Hbond substituents is 3. The number of aryl methyl sites for hydroxylation is 1. The number of likely N-dealkylation sites (tertiary alicyclic amines) is 1. The summed E-state index contributed by atoms with van der Waals surface area (Å²) in [6.07, 6.45) is -3.23. The minimum absolute atomic E-state index is 0.0480. The van der Waals surface area contributed by atoms with Crippen LogP contribution in [-0.2, 0) is 109 Å². The number of carbonyl (C=O) groups excluding carboxylic acids is 14. The number of rotatable bonds is 56. The molecule has 1 heterocycles. The van der Waals surface area contributed by atoms with Gasteiger partial charge in [0, 0.05) is 118 Å². The minimum Gasteiger partial charge on any atom is -0.508 e. The lowest BCUT2D eigenvalue weighted by Gasteiger charge is -2.30. The van der Waals surface area contributed by atoms with Crippen molar-refractivity contribution in [1.82, 2.24) is 36.8 Å². The number of ether oxygens (including phenoxy) is 1. The van der Waals surface area contributed by atoms with E-state index in [1.807, 2.05) is 31.2 Å². The number of thiol groups is 2. The number of nitrogens with zero attached hydrogens (tertiary/aromatic N) is 1. The van der Waals surface area contributed by atoms with Gasteiger partial charge in [-0.2, -0.15) is 25.3 Å². The fourth-order valence-electron chi connectivity index (χ4n) is 14.7. The quantitative estimate of drug-likeness (QED) is 0.0233. The number of hydrogen-bond acceptors (Lipinski definition) is 24. The van der Waals surface area contributed by atoms with Gasteiger partial charge in [-0.1, -0.05) is 107 Å². The van der Waals surface area contributed by atoms with Crippen molar-refractivity contribution in [3.8, 4) is 17.2 Å². The Labute approximate surface area is 735 Å². The molecule has 5 rings (SSSR count). The number of aliphatic carboxylic acids is 1. The standard InChI is InChI=1S/C89H126ClN11O20S2/c1-9-51(4)81(78(110)41-58(20-28-79(94)111)82(114)95-45-56-12-10-53(11-13-56)18-26-73(105)52(5)30-32-91)100-86(118)62(35-54-14-22-63(102)23-15-54)42-76(108)70(48-122)98-85(117)60(34-50(2)3)39-65(104)46-96-83(115)61(36-57-19-27-74(106)67(90)37-57)43-77(109)72-44-66(121-89(6,7)8)47-101(72)88(120)71(49-123)99-84(116)59(21-29-80(112)113)40-75(107)69(97-87(119)68(93)31-33-92)38-55-16-24-64(103)25-17-55/h10-17,19,22-25,27,37,50-52,58-62,66,68-72,81,102-103,106,122-123H,9,18,20-21,26,28-36,38-49,91-93H2,1-8H3,(H2,94,111)(H,95,114)(H,96,115)(H,97,119)(H,98,117)(H,99,116)(H,100,118)(H,112,113)/t51?,52?,58-,59+,60?,61-,62?,66?,68+,69+,70+,71+,72+,81+/m1/s1. The van der Waals surface area contributed by atoms with Crippen molar-refractivity contribution in [3.63, 3.8) is 0 Å². The second kappa shape index (κ2) is 51.6. The Kier molecular flexibility index (Phi) is 43.6. The Morgan fingerprint density at radius 2 is 1.06 bits per heavy atom. The monoisotopic (exact) mass is 1770 g/mol. The van der Waals surface area contributed by atoms with E-state index in [-0.39, 0.29) is 122 Å². The maximum Gasteiger partial charge on any atom is 0.303 e. The van der Waals surface area contributed by atoms with Crippen molar-refractivity contribution in [1.29, 1.82) is 0 Å². The van der Waals surface area contributed by atoms with Crippen molar-refractivity contribution in [2.75, 3.05) is 37.7 Å². The molecule has 0 radical (unpaired) electrons. The average Bonchev–Trinajstić information content (AvgIpc) is 1.66. The third-order valence-electron chi connectivity index (χ3n) is 21.9. The lowest BCUT2D eigenvalue weighted by Crippen LogP contribution is -2.54. The molecule has 676 valence electrons. The normalized spacial score (nSPS) is 16.3. The van der Waals surface area contributed by atoms with E-state index in [9.17, 15) is 82.8 Å². The molecule has 0 saturated carbocycles. The summed E-state index contributed by atoms with van der Waals surface area (Å²) in [5, 5.41) is 56.5. The van der Waals surface area contributed by atoms with Crippen LogP contribution in [0.1, 0.15) is 180 Å². The minimum atomic E-state index is -1.51. The molecule has 1 fully saturated rings. The van der Waals surface area contributed by atoms with E-state index in [1.165, 1.54) is 59.5 Å². The van der Waals surface area contributed by atoms with Crippen molar-refractivity contribution in [2.24, 2.45) is 70.3 Å². The SMILES string of the molecule is CCC(C)[C@H](NC(=O)C(CC(=O)[C@H](CS)NC(=O)C(CC(=O)CNC(=O)[C@@H](CC(=O)[C@@H]1CC(OC(C)(C)C)CN1C(=O)[C@H](CS)NC(=O)[C@@H](CCC(=O)O)CC(=O)[C@H](Cc1ccc(O)cc1)NC(=O)[C@@H](N)CCN)Cc1ccc(O)c(Cl)c1)CC(C)C)Cc1ccc(O)cc1)C(=O)C[C@@H](CCC(N)=O)C(=O)NCc1ccc(CCC(=O)C(C)CCN)cc1. The zero-order chi connectivity index (χ0) is 91.5. The number of carbonyl (C=O) groups is 15. The van der Waals surface area contributed by atoms with Crippen molar-refractivity contribution >= 4 is 125 Å². The Balaban J connectivity index is 1.34. The summed E-state index contributed by atoms with van der Waals surface area (Å²) in [4.78, 5) is 212. The molecule has 123 heavy (non-hydrogen) atoms. The number of nitrogens with two attached hydrogens (primary N) is 4. The maximum atomic E-state index is 15.1. The van der Waals surface area contributed by atoms with Gasteiger partial charge >= 0.3 is 5.97 Å². The molecule has 31 nitrogen and oxygen atoms in total. The summed E-state index contributed by atoms with van der Waals surface area (Å²) >= 11 is 15.2. The van der Waals surface area contributed by atoms with Crippen LogP contribution in [0.2, 0.25) is 5.02 Å². The zero-order valence-electron chi connectivity index (χ0n) is 71.6. The van der Waals surface area contributed by atoms with Gasteiger partial charge in [-0.15, -0.1) is 0 Å². The first-order valence-electron chi connectivity index (χ1n) is 41.9. The second-order valence-corrected chi connectivity index (χ2v) is 34.7.